The SMILES string of the molecule is CN(CC1CCCN1c1cccnn1)CC1(O)CCOCC1. The molecule has 2 aliphatic heterocycles. The molecule has 0 amide bonds. The molecule has 2 aliphatic rings. The normalized spacial score (nSPS) is 24.9. The molecule has 2 saturated heterocycles. The zero-order chi connectivity index (χ0) is 15.4. The van der Waals surface area contributed by atoms with Gasteiger partial charge in [-0.3, -0.25) is 0 Å². The largest absolute Gasteiger partial charge is 0.388 e. The van der Waals surface area contributed by atoms with Gasteiger partial charge in [0.2, 0.25) is 0 Å². The number of ether oxygens (including phenoxy) is 1. The van der Waals surface area contributed by atoms with Gasteiger partial charge >= 0.3 is 0 Å². The third-order valence-corrected chi connectivity index (χ3v) is 4.74. The van der Waals surface area contributed by atoms with Gasteiger partial charge in [-0.2, -0.15) is 5.10 Å². The van der Waals surface area contributed by atoms with Gasteiger partial charge in [0.25, 0.3) is 0 Å². The molecule has 1 N–H and O–H groups in total. The fourth-order valence-electron chi connectivity index (χ4n) is 3.61. The smallest absolute Gasteiger partial charge is 0.151 e. The van der Waals surface area contributed by atoms with Crippen LogP contribution >= 0.6 is 0 Å². The van der Waals surface area contributed by atoms with E-state index in [9.17, 15) is 5.11 Å². The van der Waals surface area contributed by atoms with Crippen molar-refractivity contribution in [1.82, 2.24) is 15.1 Å². The first-order chi connectivity index (χ1) is 10.7. The highest BCUT2D eigenvalue weighted by Crippen LogP contribution is 2.25. The summed E-state index contributed by atoms with van der Waals surface area (Å²) in [7, 11) is 2.10. The van der Waals surface area contributed by atoms with E-state index < -0.39 is 5.60 Å². The molecule has 1 atom stereocenters. The Bertz CT molecular complexity index is 464. The summed E-state index contributed by atoms with van der Waals surface area (Å²) in [6.07, 6.45) is 5.53. The van der Waals surface area contributed by atoms with Crippen molar-refractivity contribution in [1.29, 1.82) is 0 Å². The van der Waals surface area contributed by atoms with Crippen LogP contribution in [0.15, 0.2) is 18.3 Å². The first-order valence-corrected chi connectivity index (χ1v) is 8.19. The zero-order valence-corrected chi connectivity index (χ0v) is 13.3. The number of rotatable bonds is 5. The highest BCUT2D eigenvalue weighted by molar-refractivity contribution is 5.39. The molecule has 0 aliphatic carbocycles. The van der Waals surface area contributed by atoms with Crippen LogP contribution in [-0.4, -0.2) is 71.7 Å². The molecule has 3 rings (SSSR count). The van der Waals surface area contributed by atoms with Crippen molar-refractivity contribution < 1.29 is 9.84 Å². The third-order valence-electron chi connectivity index (χ3n) is 4.74. The summed E-state index contributed by atoms with van der Waals surface area (Å²) in [5.74, 6) is 0.961. The maximum absolute atomic E-state index is 10.6. The number of aliphatic hydroxyl groups is 1. The van der Waals surface area contributed by atoms with Crippen molar-refractivity contribution >= 4 is 5.82 Å². The monoisotopic (exact) mass is 306 g/mol. The Morgan fingerprint density at radius 3 is 3.00 bits per heavy atom. The molecule has 2 fully saturated rings. The number of anilines is 1. The standard InChI is InChI=1S/C16H26N4O2/c1-19(13-16(21)6-10-22-11-7-16)12-14-4-3-9-20(14)15-5-2-8-17-18-15/h2,5,8,14,21H,3-4,6-7,9-13H2,1H3. The molecule has 1 unspecified atom stereocenters. The van der Waals surface area contributed by atoms with Crippen molar-refractivity contribution in [2.75, 3.05) is 44.8 Å². The lowest BCUT2D eigenvalue weighted by Gasteiger charge is -2.37. The minimum absolute atomic E-state index is 0.449. The Kier molecular flexibility index (Phi) is 4.90. The Morgan fingerprint density at radius 1 is 1.45 bits per heavy atom. The van der Waals surface area contributed by atoms with E-state index in [1.54, 1.807) is 6.20 Å². The highest BCUT2D eigenvalue weighted by Gasteiger charge is 2.33. The molecule has 0 radical (unpaired) electrons. The van der Waals surface area contributed by atoms with Gasteiger partial charge in [0, 0.05) is 57.9 Å². The predicted molar refractivity (Wildman–Crippen MR) is 84.9 cm³/mol. The number of hydrogen-bond acceptors (Lipinski definition) is 6. The van der Waals surface area contributed by atoms with Crippen molar-refractivity contribution in [3.05, 3.63) is 18.3 Å². The molecule has 3 heterocycles. The van der Waals surface area contributed by atoms with Gasteiger partial charge in [0.05, 0.1) is 5.60 Å². The fraction of sp³-hybridized carbons (Fsp3) is 0.750. The molecule has 0 saturated carbocycles. The Labute approximate surface area is 132 Å². The fourth-order valence-corrected chi connectivity index (χ4v) is 3.61. The van der Waals surface area contributed by atoms with E-state index in [1.165, 1.54) is 12.8 Å². The lowest BCUT2D eigenvalue weighted by molar-refractivity contribution is -0.0771. The van der Waals surface area contributed by atoms with Crippen LogP contribution in [0, 0.1) is 0 Å². The summed E-state index contributed by atoms with van der Waals surface area (Å²) in [5, 5.41) is 18.9. The topological polar surface area (TPSA) is 61.7 Å². The van der Waals surface area contributed by atoms with Crippen LogP contribution in [0.1, 0.15) is 25.7 Å². The second-order valence-electron chi connectivity index (χ2n) is 6.60. The summed E-state index contributed by atoms with van der Waals surface area (Å²) >= 11 is 0. The minimum Gasteiger partial charge on any atom is -0.388 e. The molecule has 1 aromatic rings. The average molecular weight is 306 g/mol. The maximum atomic E-state index is 10.6. The van der Waals surface area contributed by atoms with Crippen LogP contribution < -0.4 is 4.90 Å². The first kappa shape index (κ1) is 15.6. The Hall–Kier alpha value is -1.24. The van der Waals surface area contributed by atoms with E-state index in [0.29, 0.717) is 25.8 Å². The van der Waals surface area contributed by atoms with Crippen LogP contribution in [-0.2, 0) is 4.74 Å². The van der Waals surface area contributed by atoms with Gasteiger partial charge in [-0.15, -0.1) is 5.10 Å². The van der Waals surface area contributed by atoms with E-state index in [2.05, 4.69) is 27.0 Å². The van der Waals surface area contributed by atoms with Gasteiger partial charge < -0.3 is 19.6 Å². The van der Waals surface area contributed by atoms with E-state index in [1.807, 2.05) is 12.1 Å². The van der Waals surface area contributed by atoms with Crippen molar-refractivity contribution in [3.63, 3.8) is 0 Å². The van der Waals surface area contributed by atoms with Gasteiger partial charge in [-0.1, -0.05) is 0 Å². The number of hydrogen-bond donors (Lipinski definition) is 1. The molecule has 6 nitrogen and oxygen atoms in total. The van der Waals surface area contributed by atoms with Gasteiger partial charge in [-0.05, 0) is 32.0 Å². The predicted octanol–water partition coefficient (Wildman–Crippen LogP) is 0.919. The van der Waals surface area contributed by atoms with Crippen molar-refractivity contribution in [2.45, 2.75) is 37.3 Å². The summed E-state index contributed by atoms with van der Waals surface area (Å²) in [4.78, 5) is 4.60. The molecule has 0 bridgehead atoms. The molecular weight excluding hydrogens is 280 g/mol. The molecule has 6 heteroatoms. The van der Waals surface area contributed by atoms with E-state index in [4.69, 9.17) is 4.74 Å². The summed E-state index contributed by atoms with van der Waals surface area (Å²) in [5.41, 5.74) is -0.594. The second-order valence-corrected chi connectivity index (χ2v) is 6.60. The number of aromatic nitrogens is 2. The molecule has 1 aromatic heterocycles. The lowest BCUT2D eigenvalue weighted by Crippen LogP contribution is -2.48. The summed E-state index contributed by atoms with van der Waals surface area (Å²) in [6.45, 7) is 4.02. The van der Waals surface area contributed by atoms with Crippen molar-refractivity contribution in [2.24, 2.45) is 0 Å². The molecular formula is C16H26N4O2. The lowest BCUT2D eigenvalue weighted by atomic mass is 9.94. The van der Waals surface area contributed by atoms with E-state index >= 15 is 0 Å². The van der Waals surface area contributed by atoms with Gasteiger partial charge in [0.1, 0.15) is 0 Å². The van der Waals surface area contributed by atoms with Crippen LogP contribution in [0.5, 0.6) is 0 Å². The van der Waals surface area contributed by atoms with E-state index in [-0.39, 0.29) is 0 Å². The molecule has 0 aromatic carbocycles. The quantitative estimate of drug-likeness (QED) is 0.873. The summed E-state index contributed by atoms with van der Waals surface area (Å²) in [6, 6.07) is 4.41. The van der Waals surface area contributed by atoms with Gasteiger partial charge in [0.15, 0.2) is 5.82 Å². The Morgan fingerprint density at radius 2 is 2.27 bits per heavy atom. The highest BCUT2D eigenvalue weighted by atomic mass is 16.5. The second kappa shape index (κ2) is 6.89. The van der Waals surface area contributed by atoms with E-state index in [0.717, 1.165) is 31.7 Å². The van der Waals surface area contributed by atoms with Gasteiger partial charge in [-0.25, -0.2) is 0 Å². The molecule has 0 spiro atoms. The maximum Gasteiger partial charge on any atom is 0.151 e. The molecule has 122 valence electrons. The average Bonchev–Trinajstić information content (AvgIpc) is 2.96. The number of nitrogens with zero attached hydrogens (tertiary/aromatic N) is 4. The summed E-state index contributed by atoms with van der Waals surface area (Å²) < 4.78 is 5.35. The zero-order valence-electron chi connectivity index (χ0n) is 13.3. The Balaban J connectivity index is 1.57. The third kappa shape index (κ3) is 3.74. The van der Waals surface area contributed by atoms with Crippen LogP contribution in [0.2, 0.25) is 0 Å². The van der Waals surface area contributed by atoms with Crippen LogP contribution in [0.3, 0.4) is 0 Å². The minimum atomic E-state index is -0.594. The number of likely N-dealkylation sites (N-methyl/N-ethyl adjacent to an activating group) is 1. The van der Waals surface area contributed by atoms with Crippen LogP contribution in [0.4, 0.5) is 5.82 Å². The molecule has 22 heavy (non-hydrogen) atoms. The van der Waals surface area contributed by atoms with Crippen LogP contribution in [0.25, 0.3) is 0 Å². The first-order valence-electron chi connectivity index (χ1n) is 8.19. The van der Waals surface area contributed by atoms with Crippen molar-refractivity contribution in [3.8, 4) is 0 Å².